The smallest absolute Gasteiger partial charge is 0.228 e. The van der Waals surface area contributed by atoms with Crippen molar-refractivity contribution in [2.24, 2.45) is 0 Å². The second-order valence-electron chi connectivity index (χ2n) is 6.44. The number of imidazole rings is 1. The summed E-state index contributed by atoms with van der Waals surface area (Å²) >= 11 is 0. The number of H-pyrrole nitrogens is 1. The molecule has 0 radical (unpaired) electrons. The Morgan fingerprint density at radius 3 is 3.12 bits per heavy atom. The molecule has 1 saturated heterocycles. The van der Waals surface area contributed by atoms with E-state index in [0.717, 1.165) is 48.7 Å². The van der Waals surface area contributed by atoms with Gasteiger partial charge in [-0.25, -0.2) is 4.98 Å². The largest absolute Gasteiger partial charge is 0.342 e. The zero-order valence-corrected chi connectivity index (χ0v) is 13.8. The van der Waals surface area contributed by atoms with E-state index in [2.05, 4.69) is 15.2 Å². The first-order chi connectivity index (χ1) is 11.7. The predicted octanol–water partition coefficient (Wildman–Crippen LogP) is 2.31. The highest BCUT2D eigenvalue weighted by Crippen LogP contribution is 2.26. The normalized spacial score (nSPS) is 18.2. The number of carbonyl (C=O) groups is 1. The van der Waals surface area contributed by atoms with Crippen molar-refractivity contribution in [1.82, 2.24) is 24.5 Å². The van der Waals surface area contributed by atoms with Crippen molar-refractivity contribution in [3.8, 4) is 0 Å². The zero-order chi connectivity index (χ0) is 16.5. The number of aromatic amines is 1. The zero-order valence-electron chi connectivity index (χ0n) is 13.8. The summed E-state index contributed by atoms with van der Waals surface area (Å²) in [7, 11) is 0. The van der Waals surface area contributed by atoms with Crippen molar-refractivity contribution in [1.29, 1.82) is 0 Å². The van der Waals surface area contributed by atoms with Gasteiger partial charge in [0.05, 0.1) is 17.8 Å². The number of nitrogens with one attached hydrogen (secondary N) is 1. The fraction of sp³-hybridized carbons (Fsp3) is 0.389. The van der Waals surface area contributed by atoms with Crippen LogP contribution in [-0.2, 0) is 11.2 Å². The summed E-state index contributed by atoms with van der Waals surface area (Å²) in [5, 5.41) is 7.08. The van der Waals surface area contributed by atoms with Crippen LogP contribution in [0.1, 0.15) is 35.8 Å². The quantitative estimate of drug-likeness (QED) is 0.804. The molecule has 1 aliphatic rings. The fourth-order valence-electron chi connectivity index (χ4n) is 3.58. The van der Waals surface area contributed by atoms with Crippen molar-refractivity contribution in [3.63, 3.8) is 0 Å². The molecule has 0 bridgehead atoms. The van der Waals surface area contributed by atoms with E-state index in [1.165, 1.54) is 0 Å². The summed E-state index contributed by atoms with van der Waals surface area (Å²) < 4.78 is 2.02. The second-order valence-corrected chi connectivity index (χ2v) is 6.44. The molecule has 1 aliphatic heterocycles. The fourth-order valence-corrected chi connectivity index (χ4v) is 3.58. The molecule has 1 amide bonds. The minimum atomic E-state index is 0.174. The summed E-state index contributed by atoms with van der Waals surface area (Å²) in [5.74, 6) is 0.529. The number of likely N-dealkylation sites (tertiary alicyclic amines) is 1. The van der Waals surface area contributed by atoms with Gasteiger partial charge in [0.25, 0.3) is 0 Å². The maximum absolute atomic E-state index is 12.8. The topological polar surface area (TPSA) is 66.3 Å². The molecule has 0 saturated carbocycles. The minimum Gasteiger partial charge on any atom is -0.342 e. The Hall–Kier alpha value is -2.63. The molecule has 6 heteroatoms. The second kappa shape index (κ2) is 6.11. The number of hydrogen-bond acceptors (Lipinski definition) is 3. The van der Waals surface area contributed by atoms with Gasteiger partial charge in [0, 0.05) is 37.1 Å². The Bertz CT molecular complexity index is 852. The molecule has 1 atom stereocenters. The summed E-state index contributed by atoms with van der Waals surface area (Å²) in [6, 6.07) is 7.91. The first kappa shape index (κ1) is 14.9. The van der Waals surface area contributed by atoms with Gasteiger partial charge in [0.1, 0.15) is 5.65 Å². The third kappa shape index (κ3) is 2.68. The highest BCUT2D eigenvalue weighted by molar-refractivity contribution is 5.79. The van der Waals surface area contributed by atoms with Gasteiger partial charge in [-0.2, -0.15) is 5.10 Å². The molecule has 124 valence electrons. The highest BCUT2D eigenvalue weighted by atomic mass is 16.2. The van der Waals surface area contributed by atoms with E-state index in [9.17, 15) is 4.79 Å². The van der Waals surface area contributed by atoms with Crippen molar-refractivity contribution >= 4 is 11.6 Å². The van der Waals surface area contributed by atoms with Crippen LogP contribution in [0.3, 0.4) is 0 Å². The van der Waals surface area contributed by atoms with E-state index in [1.54, 1.807) is 6.20 Å². The predicted molar refractivity (Wildman–Crippen MR) is 90.8 cm³/mol. The third-order valence-electron chi connectivity index (χ3n) is 4.88. The molecule has 3 aromatic rings. The molecule has 6 nitrogen and oxygen atoms in total. The Morgan fingerprint density at radius 1 is 1.38 bits per heavy atom. The molecule has 0 aliphatic carbocycles. The van der Waals surface area contributed by atoms with Gasteiger partial charge in [-0.3, -0.25) is 9.89 Å². The lowest BCUT2D eigenvalue weighted by Crippen LogP contribution is -2.40. The molecule has 4 rings (SSSR count). The molecule has 0 spiro atoms. The number of pyridine rings is 1. The number of carbonyl (C=O) groups excluding carboxylic acids is 1. The Morgan fingerprint density at radius 2 is 2.29 bits per heavy atom. The number of aromatic nitrogens is 4. The SMILES string of the molecule is Cc1nc2ccccn2c1CC(=O)N1CCC[C@H](c2ccn[nH]2)C1. The lowest BCUT2D eigenvalue weighted by atomic mass is 9.94. The number of amides is 1. The van der Waals surface area contributed by atoms with Crippen LogP contribution in [0.2, 0.25) is 0 Å². The van der Waals surface area contributed by atoms with Gasteiger partial charge >= 0.3 is 0 Å². The molecular weight excluding hydrogens is 302 g/mol. The summed E-state index contributed by atoms with van der Waals surface area (Å²) in [4.78, 5) is 19.4. The first-order valence-corrected chi connectivity index (χ1v) is 8.42. The number of rotatable bonds is 3. The molecule has 24 heavy (non-hydrogen) atoms. The van der Waals surface area contributed by atoms with Crippen molar-refractivity contribution in [2.75, 3.05) is 13.1 Å². The van der Waals surface area contributed by atoms with E-state index in [4.69, 9.17) is 0 Å². The van der Waals surface area contributed by atoms with Gasteiger partial charge in [-0.05, 0) is 38.0 Å². The number of fused-ring (bicyclic) bond motifs is 1. The minimum absolute atomic E-state index is 0.174. The maximum atomic E-state index is 12.8. The van der Waals surface area contributed by atoms with E-state index in [1.807, 2.05) is 46.7 Å². The van der Waals surface area contributed by atoms with Crippen LogP contribution >= 0.6 is 0 Å². The summed E-state index contributed by atoms with van der Waals surface area (Å²) in [6.45, 7) is 3.56. The van der Waals surface area contributed by atoms with E-state index >= 15 is 0 Å². The Labute approximate surface area is 140 Å². The Kier molecular flexibility index (Phi) is 3.80. The monoisotopic (exact) mass is 323 g/mol. The number of piperidine rings is 1. The summed E-state index contributed by atoms with van der Waals surface area (Å²) in [6.07, 6.45) is 6.27. The van der Waals surface area contributed by atoms with Crippen LogP contribution in [0.25, 0.3) is 5.65 Å². The molecule has 0 unspecified atom stereocenters. The third-order valence-corrected chi connectivity index (χ3v) is 4.88. The average Bonchev–Trinajstić information content (AvgIpc) is 3.24. The summed E-state index contributed by atoms with van der Waals surface area (Å²) in [5.41, 5.74) is 3.93. The van der Waals surface area contributed by atoms with Crippen LogP contribution in [0.15, 0.2) is 36.7 Å². The van der Waals surface area contributed by atoms with Gasteiger partial charge in [-0.1, -0.05) is 6.07 Å². The molecule has 3 aromatic heterocycles. The van der Waals surface area contributed by atoms with Crippen LogP contribution in [0, 0.1) is 6.92 Å². The van der Waals surface area contributed by atoms with Gasteiger partial charge in [-0.15, -0.1) is 0 Å². The Balaban J connectivity index is 1.52. The van der Waals surface area contributed by atoms with Gasteiger partial charge < -0.3 is 9.30 Å². The standard InChI is InChI=1S/C18H21N5O/c1-13-16(23-10-3-2-6-17(23)20-13)11-18(24)22-9-4-5-14(12-22)15-7-8-19-21-15/h2-3,6-8,10,14H,4-5,9,11-12H2,1H3,(H,19,21)/t14-/m0/s1. The van der Waals surface area contributed by atoms with Crippen molar-refractivity contribution in [3.05, 3.63) is 53.7 Å². The first-order valence-electron chi connectivity index (χ1n) is 8.42. The molecule has 0 aromatic carbocycles. The lowest BCUT2D eigenvalue weighted by molar-refractivity contribution is -0.131. The number of hydrogen-bond donors (Lipinski definition) is 1. The van der Waals surface area contributed by atoms with Crippen LogP contribution in [-0.4, -0.2) is 43.5 Å². The lowest BCUT2D eigenvalue weighted by Gasteiger charge is -2.32. The molecule has 4 heterocycles. The van der Waals surface area contributed by atoms with Crippen LogP contribution < -0.4 is 0 Å². The number of nitrogens with zero attached hydrogens (tertiary/aromatic N) is 4. The van der Waals surface area contributed by atoms with E-state index in [0.29, 0.717) is 12.3 Å². The van der Waals surface area contributed by atoms with Crippen LogP contribution in [0.5, 0.6) is 0 Å². The highest BCUT2D eigenvalue weighted by Gasteiger charge is 2.26. The van der Waals surface area contributed by atoms with Crippen molar-refractivity contribution in [2.45, 2.75) is 32.1 Å². The van der Waals surface area contributed by atoms with Crippen molar-refractivity contribution < 1.29 is 4.79 Å². The molecule has 1 N–H and O–H groups in total. The molecular formula is C18H21N5O. The van der Waals surface area contributed by atoms with E-state index < -0.39 is 0 Å². The molecule has 1 fully saturated rings. The van der Waals surface area contributed by atoms with Gasteiger partial charge in [0.15, 0.2) is 0 Å². The van der Waals surface area contributed by atoms with E-state index in [-0.39, 0.29) is 5.91 Å². The van der Waals surface area contributed by atoms with Gasteiger partial charge in [0.2, 0.25) is 5.91 Å². The van der Waals surface area contributed by atoms with Crippen LogP contribution in [0.4, 0.5) is 0 Å². The number of aryl methyl sites for hydroxylation is 1. The maximum Gasteiger partial charge on any atom is 0.228 e. The average molecular weight is 323 g/mol.